The summed E-state index contributed by atoms with van der Waals surface area (Å²) in [5, 5.41) is 0. The Hall–Kier alpha value is -0.656. The number of nitrogens with one attached hydrogen (secondary N) is 1. The first kappa shape index (κ1) is 11.4. The van der Waals surface area contributed by atoms with Gasteiger partial charge in [-0.1, -0.05) is 54.6 Å². The van der Waals surface area contributed by atoms with Gasteiger partial charge in [0, 0.05) is 32.7 Å². The summed E-state index contributed by atoms with van der Waals surface area (Å²) >= 11 is 0. The van der Waals surface area contributed by atoms with Crippen LogP contribution in [-0.2, 0) is 32.7 Å². The molecule has 0 aliphatic heterocycles. The molecule has 0 amide bonds. The number of hydrogen-bond acceptors (Lipinski definition) is 0. The predicted octanol–water partition coefficient (Wildman–Crippen LogP) is 4.03. The van der Waals surface area contributed by atoms with Gasteiger partial charge in [0.1, 0.15) is 0 Å². The van der Waals surface area contributed by atoms with E-state index in [-0.39, 0.29) is 32.7 Å². The average Bonchev–Trinajstić information content (AvgIpc) is 2.20. The Labute approximate surface area is 109 Å². The average molecular weight is 257 g/mol. The smallest absolute Gasteiger partial charge is 0 e. The van der Waals surface area contributed by atoms with Crippen LogP contribution in [0.5, 0.6) is 0 Å². The molecule has 0 saturated carbocycles. The molecular formula is C12H10NY-. The second-order valence-electron chi connectivity index (χ2n) is 2.94. The number of benzene rings is 2. The van der Waals surface area contributed by atoms with Crippen molar-refractivity contribution < 1.29 is 32.7 Å². The monoisotopic (exact) mass is 257 g/mol. The van der Waals surface area contributed by atoms with Crippen molar-refractivity contribution in [3.8, 4) is 11.1 Å². The fraction of sp³-hybridized carbons (Fsp3) is 0. The summed E-state index contributed by atoms with van der Waals surface area (Å²) in [6.07, 6.45) is 0. The zero-order valence-corrected chi connectivity index (χ0v) is 10.6. The maximum atomic E-state index is 7.35. The fourth-order valence-electron chi connectivity index (χ4n) is 1.29. The molecule has 0 heterocycles. The van der Waals surface area contributed by atoms with Gasteiger partial charge in [-0.2, -0.15) is 0 Å². The third-order valence-electron chi connectivity index (χ3n) is 1.99. The maximum absolute atomic E-state index is 7.35. The van der Waals surface area contributed by atoms with Crippen LogP contribution < -0.4 is 0 Å². The van der Waals surface area contributed by atoms with E-state index in [0.717, 1.165) is 5.56 Å². The van der Waals surface area contributed by atoms with Crippen molar-refractivity contribution in [1.82, 2.24) is 0 Å². The molecule has 1 nitrogen and oxygen atoms in total. The molecule has 0 unspecified atom stereocenters. The minimum absolute atomic E-state index is 0. The van der Waals surface area contributed by atoms with Crippen molar-refractivity contribution in [2.75, 3.05) is 0 Å². The van der Waals surface area contributed by atoms with Gasteiger partial charge < -0.3 is 5.73 Å². The number of rotatable bonds is 1. The minimum Gasteiger partial charge on any atom is -0.699 e. The molecule has 0 aliphatic carbocycles. The van der Waals surface area contributed by atoms with Gasteiger partial charge in [-0.3, -0.25) is 0 Å². The standard InChI is InChI=1S/C12H10N.Y/c13-12-8-6-11(7-9-12)10-4-2-1-3-5-10;/h1-9,13H;/q-1;. The summed E-state index contributed by atoms with van der Waals surface area (Å²) in [6.45, 7) is 0. The first-order valence-corrected chi connectivity index (χ1v) is 4.23. The summed E-state index contributed by atoms with van der Waals surface area (Å²) in [7, 11) is 0. The van der Waals surface area contributed by atoms with Gasteiger partial charge in [-0.25, -0.2) is 0 Å². The number of hydrogen-bond donors (Lipinski definition) is 0. The molecule has 2 rings (SSSR count). The molecule has 0 saturated heterocycles. The molecule has 0 aliphatic rings. The van der Waals surface area contributed by atoms with E-state index < -0.39 is 0 Å². The Morgan fingerprint density at radius 2 is 1.14 bits per heavy atom. The van der Waals surface area contributed by atoms with E-state index in [1.165, 1.54) is 5.56 Å². The molecule has 1 N–H and O–H groups in total. The van der Waals surface area contributed by atoms with Crippen molar-refractivity contribution in [2.24, 2.45) is 0 Å². The van der Waals surface area contributed by atoms with Crippen LogP contribution in [0.2, 0.25) is 0 Å². The molecule has 0 atom stereocenters. The van der Waals surface area contributed by atoms with Gasteiger partial charge in [0.2, 0.25) is 0 Å². The molecular weight excluding hydrogens is 247 g/mol. The molecule has 2 heteroatoms. The third-order valence-corrected chi connectivity index (χ3v) is 1.99. The van der Waals surface area contributed by atoms with Gasteiger partial charge in [0.25, 0.3) is 0 Å². The normalized spacial score (nSPS) is 9.14. The zero-order chi connectivity index (χ0) is 9.10. The van der Waals surface area contributed by atoms with Crippen LogP contribution in [0.25, 0.3) is 16.9 Å². The first-order valence-electron chi connectivity index (χ1n) is 4.23. The van der Waals surface area contributed by atoms with Crippen LogP contribution in [0.3, 0.4) is 0 Å². The van der Waals surface area contributed by atoms with Crippen LogP contribution >= 0.6 is 0 Å². The fourth-order valence-corrected chi connectivity index (χ4v) is 1.29. The summed E-state index contributed by atoms with van der Waals surface area (Å²) in [4.78, 5) is 0. The Bertz CT molecular complexity index is 381. The molecule has 67 valence electrons. The van der Waals surface area contributed by atoms with Gasteiger partial charge in [0.05, 0.1) is 0 Å². The van der Waals surface area contributed by atoms with E-state index in [0.29, 0.717) is 5.69 Å². The predicted molar refractivity (Wildman–Crippen MR) is 55.9 cm³/mol. The summed E-state index contributed by atoms with van der Waals surface area (Å²) in [5.41, 5.74) is 10.3. The van der Waals surface area contributed by atoms with E-state index >= 15 is 0 Å². The molecule has 1 radical (unpaired) electrons. The Morgan fingerprint density at radius 1 is 0.643 bits per heavy atom. The SMILES string of the molecule is [NH-]c1ccc(-c2ccccc2)cc1.[Y]. The second-order valence-corrected chi connectivity index (χ2v) is 2.94. The summed E-state index contributed by atoms with van der Waals surface area (Å²) in [6, 6.07) is 17.7. The van der Waals surface area contributed by atoms with E-state index in [1.807, 2.05) is 42.5 Å². The quantitative estimate of drug-likeness (QED) is 0.736. The first-order chi connectivity index (χ1) is 6.36. The molecule has 14 heavy (non-hydrogen) atoms. The largest absolute Gasteiger partial charge is 0.699 e. The van der Waals surface area contributed by atoms with Crippen LogP contribution in [0, 0.1) is 0 Å². The molecule has 2 aromatic rings. The van der Waals surface area contributed by atoms with Gasteiger partial charge in [0.15, 0.2) is 0 Å². The van der Waals surface area contributed by atoms with Crippen LogP contribution in [0.4, 0.5) is 5.69 Å². The van der Waals surface area contributed by atoms with Crippen molar-refractivity contribution in [2.45, 2.75) is 0 Å². The van der Waals surface area contributed by atoms with E-state index in [1.54, 1.807) is 0 Å². The summed E-state index contributed by atoms with van der Waals surface area (Å²) in [5.74, 6) is 0. The van der Waals surface area contributed by atoms with E-state index in [4.69, 9.17) is 5.73 Å². The maximum Gasteiger partial charge on any atom is 0 e. The second kappa shape index (κ2) is 5.28. The van der Waals surface area contributed by atoms with Crippen molar-refractivity contribution in [3.05, 3.63) is 60.3 Å². The van der Waals surface area contributed by atoms with Gasteiger partial charge in [-0.15, -0.1) is 5.69 Å². The van der Waals surface area contributed by atoms with Gasteiger partial charge >= 0.3 is 0 Å². The minimum atomic E-state index is 0. The zero-order valence-electron chi connectivity index (χ0n) is 7.77. The molecule has 0 spiro atoms. The molecule has 0 fully saturated rings. The molecule has 0 aromatic heterocycles. The Balaban J connectivity index is 0.000000980. The molecule has 0 bridgehead atoms. The Morgan fingerprint density at radius 3 is 1.71 bits per heavy atom. The molecule has 2 aromatic carbocycles. The van der Waals surface area contributed by atoms with E-state index in [9.17, 15) is 0 Å². The van der Waals surface area contributed by atoms with Crippen LogP contribution in [0.15, 0.2) is 54.6 Å². The van der Waals surface area contributed by atoms with Crippen molar-refractivity contribution in [3.63, 3.8) is 0 Å². The van der Waals surface area contributed by atoms with Crippen LogP contribution in [0.1, 0.15) is 0 Å². The van der Waals surface area contributed by atoms with Crippen molar-refractivity contribution >= 4 is 5.69 Å². The topological polar surface area (TPSA) is 23.8 Å². The third kappa shape index (κ3) is 2.66. The van der Waals surface area contributed by atoms with Crippen molar-refractivity contribution in [1.29, 1.82) is 0 Å². The van der Waals surface area contributed by atoms with E-state index in [2.05, 4.69) is 12.1 Å². The van der Waals surface area contributed by atoms with Gasteiger partial charge in [-0.05, 0) is 11.1 Å². The van der Waals surface area contributed by atoms with Crippen LogP contribution in [-0.4, -0.2) is 0 Å². The summed E-state index contributed by atoms with van der Waals surface area (Å²) < 4.78 is 0. The Kier molecular flexibility index (Phi) is 4.31.